The number of aliphatic hydroxyl groups is 1. The standard InChI is InChI=1S/C21H25N5O7/c1-28-12-6-4-11(5-7-12)9-31-18-16(13-8-23-21(30-3)24-20(13)29-2)33-17-15(25-26-22)14(27)10-32-19(17)18/h4-8,14-19,27H,9-10H2,1-3H3/t14-,15-,16+,17-,18?,19-/m1/s1. The summed E-state index contributed by atoms with van der Waals surface area (Å²) in [5, 5.41) is 14.1. The van der Waals surface area contributed by atoms with Gasteiger partial charge in [0.15, 0.2) is 0 Å². The molecule has 1 aromatic carbocycles. The van der Waals surface area contributed by atoms with E-state index in [0.29, 0.717) is 5.56 Å². The fourth-order valence-electron chi connectivity index (χ4n) is 4.04. The van der Waals surface area contributed by atoms with Gasteiger partial charge in [-0.15, -0.1) is 0 Å². The van der Waals surface area contributed by atoms with Crippen LogP contribution in [0.3, 0.4) is 0 Å². The van der Waals surface area contributed by atoms with Gasteiger partial charge in [-0.25, -0.2) is 4.98 Å². The first-order chi connectivity index (χ1) is 16.1. The molecule has 12 heteroatoms. The zero-order chi connectivity index (χ0) is 23.4. The molecule has 2 fully saturated rings. The Balaban J connectivity index is 1.65. The zero-order valence-corrected chi connectivity index (χ0v) is 18.4. The van der Waals surface area contributed by atoms with Crippen LogP contribution in [0.15, 0.2) is 35.6 Å². The van der Waals surface area contributed by atoms with Crippen molar-refractivity contribution in [3.8, 4) is 17.6 Å². The third-order valence-electron chi connectivity index (χ3n) is 5.67. The number of hydrogen-bond acceptors (Lipinski definition) is 10. The predicted octanol–water partition coefficient (Wildman–Crippen LogP) is 1.97. The van der Waals surface area contributed by atoms with Gasteiger partial charge >= 0.3 is 6.01 Å². The summed E-state index contributed by atoms with van der Waals surface area (Å²) in [7, 11) is 4.53. The number of aliphatic hydroxyl groups excluding tert-OH is 1. The van der Waals surface area contributed by atoms with E-state index in [1.54, 1.807) is 7.11 Å². The van der Waals surface area contributed by atoms with Gasteiger partial charge in [0, 0.05) is 11.1 Å². The fraction of sp³-hybridized carbons (Fsp3) is 0.524. The molecule has 1 unspecified atom stereocenters. The van der Waals surface area contributed by atoms with Gasteiger partial charge in [0.05, 0.1) is 58.4 Å². The van der Waals surface area contributed by atoms with Crippen molar-refractivity contribution in [2.45, 2.75) is 43.2 Å². The lowest BCUT2D eigenvalue weighted by molar-refractivity contribution is -0.136. The van der Waals surface area contributed by atoms with E-state index in [1.165, 1.54) is 20.4 Å². The molecule has 0 radical (unpaired) electrons. The van der Waals surface area contributed by atoms with E-state index in [2.05, 4.69) is 20.0 Å². The Morgan fingerprint density at radius 2 is 1.94 bits per heavy atom. The summed E-state index contributed by atoms with van der Waals surface area (Å²) in [6.45, 7) is 0.245. The second kappa shape index (κ2) is 10.2. The Morgan fingerprint density at radius 3 is 2.61 bits per heavy atom. The van der Waals surface area contributed by atoms with Crippen LogP contribution in [0.5, 0.6) is 17.6 Å². The topological polar surface area (TPSA) is 150 Å². The summed E-state index contributed by atoms with van der Waals surface area (Å²) >= 11 is 0. The van der Waals surface area contributed by atoms with Crippen molar-refractivity contribution in [1.82, 2.24) is 9.97 Å². The van der Waals surface area contributed by atoms with Gasteiger partial charge in [0.1, 0.15) is 24.1 Å². The van der Waals surface area contributed by atoms with Crippen LogP contribution in [0, 0.1) is 0 Å². The van der Waals surface area contributed by atoms with E-state index in [9.17, 15) is 5.11 Å². The molecule has 3 heterocycles. The summed E-state index contributed by atoms with van der Waals surface area (Å²) in [5.41, 5.74) is 10.4. The van der Waals surface area contributed by atoms with Crippen molar-refractivity contribution in [2.75, 3.05) is 27.9 Å². The van der Waals surface area contributed by atoms with E-state index >= 15 is 0 Å². The van der Waals surface area contributed by atoms with Gasteiger partial charge in [-0.05, 0) is 23.2 Å². The molecule has 2 aliphatic rings. The Kier molecular flexibility index (Phi) is 7.11. The number of azide groups is 1. The number of methoxy groups -OCH3 is 3. The van der Waals surface area contributed by atoms with E-state index in [1.807, 2.05) is 24.3 Å². The van der Waals surface area contributed by atoms with Crippen LogP contribution in [0.4, 0.5) is 0 Å². The van der Waals surface area contributed by atoms with Gasteiger partial charge in [0.25, 0.3) is 0 Å². The third kappa shape index (κ3) is 4.65. The molecule has 0 amide bonds. The van der Waals surface area contributed by atoms with Gasteiger partial charge < -0.3 is 33.5 Å². The maximum Gasteiger partial charge on any atom is 0.319 e. The number of benzene rings is 1. The number of aromatic nitrogens is 2. The zero-order valence-electron chi connectivity index (χ0n) is 18.4. The van der Waals surface area contributed by atoms with Gasteiger partial charge in [0.2, 0.25) is 5.88 Å². The van der Waals surface area contributed by atoms with E-state index in [4.69, 9.17) is 34.0 Å². The van der Waals surface area contributed by atoms with Crippen molar-refractivity contribution < 1.29 is 33.5 Å². The Morgan fingerprint density at radius 1 is 1.15 bits per heavy atom. The lowest BCUT2D eigenvalue weighted by Crippen LogP contribution is -2.52. The summed E-state index contributed by atoms with van der Waals surface area (Å²) in [6, 6.07) is 6.78. The van der Waals surface area contributed by atoms with Crippen LogP contribution in [0.25, 0.3) is 10.4 Å². The molecule has 0 bridgehead atoms. The average Bonchev–Trinajstić information content (AvgIpc) is 3.22. The van der Waals surface area contributed by atoms with Gasteiger partial charge in [-0.2, -0.15) is 4.98 Å². The molecule has 4 rings (SSSR count). The lowest BCUT2D eigenvalue weighted by atomic mass is 9.94. The fourth-order valence-corrected chi connectivity index (χ4v) is 4.04. The highest BCUT2D eigenvalue weighted by atomic mass is 16.6. The molecule has 1 aromatic heterocycles. The minimum atomic E-state index is -1.00. The van der Waals surface area contributed by atoms with Crippen molar-refractivity contribution >= 4 is 0 Å². The molecule has 12 nitrogen and oxygen atoms in total. The second-order valence-electron chi connectivity index (χ2n) is 7.53. The van der Waals surface area contributed by atoms with Crippen LogP contribution in [-0.2, 0) is 20.8 Å². The summed E-state index contributed by atoms with van der Waals surface area (Å²) < 4.78 is 34.1. The first kappa shape index (κ1) is 23.0. The first-order valence-corrected chi connectivity index (χ1v) is 10.3. The number of nitrogens with zero attached hydrogens (tertiary/aromatic N) is 5. The molecular weight excluding hydrogens is 434 g/mol. The summed E-state index contributed by atoms with van der Waals surface area (Å²) in [6.07, 6.45) is -2.12. The smallest absolute Gasteiger partial charge is 0.319 e. The van der Waals surface area contributed by atoms with Crippen molar-refractivity contribution in [3.05, 3.63) is 52.0 Å². The van der Waals surface area contributed by atoms with Crippen LogP contribution >= 0.6 is 0 Å². The Labute approximate surface area is 190 Å². The van der Waals surface area contributed by atoms with E-state index in [-0.39, 0.29) is 25.1 Å². The maximum absolute atomic E-state index is 10.3. The number of fused-ring (bicyclic) bond motifs is 1. The molecule has 2 aromatic rings. The number of ether oxygens (including phenoxy) is 6. The molecule has 0 aliphatic carbocycles. The summed E-state index contributed by atoms with van der Waals surface area (Å²) in [5.74, 6) is 0.993. The van der Waals surface area contributed by atoms with Crippen molar-refractivity contribution in [3.63, 3.8) is 0 Å². The quantitative estimate of drug-likeness (QED) is 0.355. The molecule has 6 atom stereocenters. The van der Waals surface area contributed by atoms with E-state index in [0.717, 1.165) is 11.3 Å². The van der Waals surface area contributed by atoms with Crippen molar-refractivity contribution in [2.24, 2.45) is 5.11 Å². The predicted molar refractivity (Wildman–Crippen MR) is 113 cm³/mol. The van der Waals surface area contributed by atoms with Crippen LogP contribution in [0.1, 0.15) is 17.2 Å². The number of rotatable bonds is 8. The normalized spacial score (nSPS) is 28.5. The molecule has 0 spiro atoms. The molecule has 0 saturated carbocycles. The molecule has 2 aliphatic heterocycles. The monoisotopic (exact) mass is 459 g/mol. The number of hydrogen-bond donors (Lipinski definition) is 1. The van der Waals surface area contributed by atoms with Crippen LogP contribution in [0.2, 0.25) is 0 Å². The minimum Gasteiger partial charge on any atom is -0.497 e. The molecule has 176 valence electrons. The van der Waals surface area contributed by atoms with Crippen molar-refractivity contribution in [1.29, 1.82) is 0 Å². The molecule has 1 N–H and O–H groups in total. The highest BCUT2D eigenvalue weighted by Crippen LogP contribution is 2.44. The van der Waals surface area contributed by atoms with Gasteiger partial charge in [-0.1, -0.05) is 17.2 Å². The minimum absolute atomic E-state index is 0.0143. The maximum atomic E-state index is 10.3. The van der Waals surface area contributed by atoms with Gasteiger partial charge in [-0.3, -0.25) is 0 Å². The molecule has 2 saturated heterocycles. The molecular formula is C21H25N5O7. The highest BCUT2D eigenvalue weighted by Gasteiger charge is 2.54. The first-order valence-electron chi connectivity index (χ1n) is 10.3. The summed E-state index contributed by atoms with van der Waals surface area (Å²) in [4.78, 5) is 11.3. The largest absolute Gasteiger partial charge is 0.497 e. The Bertz CT molecular complexity index is 1000. The van der Waals surface area contributed by atoms with Crippen LogP contribution in [-0.4, -0.2) is 73.5 Å². The second-order valence-corrected chi connectivity index (χ2v) is 7.53. The average molecular weight is 459 g/mol. The Hall–Kier alpha value is -3.15. The van der Waals surface area contributed by atoms with E-state index < -0.39 is 36.6 Å². The lowest BCUT2D eigenvalue weighted by Gasteiger charge is -2.35. The van der Waals surface area contributed by atoms with Crippen LogP contribution < -0.4 is 14.2 Å². The highest BCUT2D eigenvalue weighted by molar-refractivity contribution is 5.31. The SMILES string of the molecule is COc1ccc(COC2[C@H](c3cnc(OC)nc3OC)O[C@@H]3[C@H](N=[N+]=[N-])[C@H](O)CO[C@@H]23)cc1. The third-order valence-corrected chi connectivity index (χ3v) is 5.67. The molecule has 33 heavy (non-hydrogen) atoms.